The molecule has 39 heavy (non-hydrogen) atoms. The van der Waals surface area contributed by atoms with Crippen LogP contribution < -0.4 is 10.2 Å². The Hall–Kier alpha value is -2.98. The Balaban J connectivity index is 1.21. The van der Waals surface area contributed by atoms with Gasteiger partial charge in [0.1, 0.15) is 6.04 Å². The number of nitrogens with one attached hydrogen (secondary N) is 1. The van der Waals surface area contributed by atoms with Gasteiger partial charge in [0, 0.05) is 44.0 Å². The lowest BCUT2D eigenvalue weighted by molar-refractivity contribution is -0.160. The zero-order chi connectivity index (χ0) is 27.6. The maximum Gasteiger partial charge on any atom is 0.257 e. The van der Waals surface area contributed by atoms with E-state index in [2.05, 4.69) is 22.0 Å². The monoisotopic (exact) mass is 539 g/mol. The molecule has 4 fully saturated rings. The first-order valence-corrected chi connectivity index (χ1v) is 14.5. The van der Waals surface area contributed by atoms with Crippen molar-refractivity contribution in [2.75, 3.05) is 50.7 Å². The summed E-state index contributed by atoms with van der Waals surface area (Å²) in [6.07, 6.45) is 6.47. The molecule has 212 valence electrons. The molecule has 10 nitrogen and oxygen atoms in total. The Bertz CT molecular complexity index is 1070. The third kappa shape index (κ3) is 5.68. The Morgan fingerprint density at radius 3 is 2.36 bits per heavy atom. The number of hydrogen-bond donors (Lipinski definition) is 2. The molecule has 0 radical (unpaired) electrons. The fourth-order valence-electron chi connectivity index (χ4n) is 7.11. The summed E-state index contributed by atoms with van der Waals surface area (Å²) in [6, 6.07) is 6.57. The van der Waals surface area contributed by atoms with Gasteiger partial charge in [0.2, 0.25) is 18.2 Å². The standard InChI is InChI=1S/C29H41N5O5/c1-2-31-14-16-32(17-15-31)23-11-9-22(10-12-23)26(36)30-27(37)25-8-5-13-34(25)28(38)29(19-33(39)20-35)18-24(29)21-6-3-4-7-21/h9-12,20-21,24-25,39H,2-8,13-19H2,1H3,(H,30,36,37)/t24-,25+,29-/m1/s1. The largest absolute Gasteiger partial charge is 0.369 e. The number of likely N-dealkylation sites (tertiary alicyclic amines) is 1. The van der Waals surface area contributed by atoms with E-state index in [4.69, 9.17) is 0 Å². The summed E-state index contributed by atoms with van der Waals surface area (Å²) in [5, 5.41) is 13.1. The van der Waals surface area contributed by atoms with Crippen LogP contribution in [0.2, 0.25) is 0 Å². The Labute approximate surface area is 230 Å². The molecule has 10 heteroatoms. The van der Waals surface area contributed by atoms with Crippen molar-refractivity contribution < 1.29 is 24.4 Å². The fourth-order valence-corrected chi connectivity index (χ4v) is 7.11. The number of rotatable bonds is 9. The first-order chi connectivity index (χ1) is 18.9. The lowest BCUT2D eigenvalue weighted by atomic mass is 9.91. The summed E-state index contributed by atoms with van der Waals surface area (Å²) in [5.74, 6) is -0.623. The van der Waals surface area contributed by atoms with E-state index in [1.165, 1.54) is 0 Å². The smallest absolute Gasteiger partial charge is 0.257 e. The highest BCUT2D eigenvalue weighted by molar-refractivity contribution is 6.07. The number of benzene rings is 1. The quantitative estimate of drug-likeness (QED) is 0.214. The van der Waals surface area contributed by atoms with E-state index in [0.717, 1.165) is 64.1 Å². The minimum Gasteiger partial charge on any atom is -0.369 e. The number of carbonyl (C=O) groups is 4. The molecule has 2 aliphatic carbocycles. The van der Waals surface area contributed by atoms with Crippen LogP contribution in [-0.4, -0.2) is 96.1 Å². The van der Waals surface area contributed by atoms with Crippen LogP contribution >= 0.6 is 0 Å². The van der Waals surface area contributed by atoms with Crippen molar-refractivity contribution in [2.45, 2.75) is 57.9 Å². The van der Waals surface area contributed by atoms with Crippen LogP contribution in [0.5, 0.6) is 0 Å². The third-order valence-corrected chi connectivity index (χ3v) is 9.46. The van der Waals surface area contributed by atoms with Crippen molar-refractivity contribution in [1.82, 2.24) is 20.2 Å². The molecular formula is C29H41N5O5. The van der Waals surface area contributed by atoms with Gasteiger partial charge in [-0.2, -0.15) is 0 Å². The van der Waals surface area contributed by atoms with Gasteiger partial charge < -0.3 is 14.7 Å². The van der Waals surface area contributed by atoms with Crippen LogP contribution in [0.25, 0.3) is 0 Å². The van der Waals surface area contributed by atoms with Crippen molar-refractivity contribution in [3.8, 4) is 0 Å². The van der Waals surface area contributed by atoms with Crippen LogP contribution in [0.1, 0.15) is 62.2 Å². The molecular weight excluding hydrogens is 498 g/mol. The number of piperazine rings is 1. The van der Waals surface area contributed by atoms with E-state index < -0.39 is 23.3 Å². The highest BCUT2D eigenvalue weighted by Gasteiger charge is 2.65. The molecule has 0 bridgehead atoms. The summed E-state index contributed by atoms with van der Waals surface area (Å²) >= 11 is 0. The molecule has 1 aromatic rings. The normalized spacial score (nSPS) is 27.4. The average molecular weight is 540 g/mol. The zero-order valence-corrected chi connectivity index (χ0v) is 22.9. The van der Waals surface area contributed by atoms with E-state index in [1.54, 1.807) is 17.0 Å². The third-order valence-electron chi connectivity index (χ3n) is 9.46. The maximum absolute atomic E-state index is 13.8. The zero-order valence-electron chi connectivity index (χ0n) is 22.9. The van der Waals surface area contributed by atoms with Gasteiger partial charge in [-0.05, 0) is 61.9 Å². The van der Waals surface area contributed by atoms with Crippen molar-refractivity contribution in [2.24, 2.45) is 17.3 Å². The first kappa shape index (κ1) is 27.6. The van der Waals surface area contributed by atoms with E-state index in [0.29, 0.717) is 48.8 Å². The first-order valence-electron chi connectivity index (χ1n) is 14.5. The predicted molar refractivity (Wildman–Crippen MR) is 145 cm³/mol. The number of amides is 4. The van der Waals surface area contributed by atoms with Gasteiger partial charge in [-0.15, -0.1) is 0 Å². The van der Waals surface area contributed by atoms with Crippen molar-refractivity contribution in [3.63, 3.8) is 0 Å². The summed E-state index contributed by atoms with van der Waals surface area (Å²) in [5.41, 5.74) is 0.605. The molecule has 0 spiro atoms. The van der Waals surface area contributed by atoms with Crippen LogP contribution in [0, 0.1) is 17.3 Å². The number of carbonyl (C=O) groups excluding carboxylic acids is 4. The Morgan fingerprint density at radius 2 is 1.72 bits per heavy atom. The summed E-state index contributed by atoms with van der Waals surface area (Å²) in [6.45, 7) is 7.48. The maximum atomic E-state index is 13.8. The summed E-state index contributed by atoms with van der Waals surface area (Å²) < 4.78 is 0. The molecule has 2 saturated carbocycles. The van der Waals surface area contributed by atoms with Gasteiger partial charge in [0.05, 0.1) is 12.0 Å². The lowest BCUT2D eigenvalue weighted by Crippen LogP contribution is -2.51. The predicted octanol–water partition coefficient (Wildman–Crippen LogP) is 2.12. The van der Waals surface area contributed by atoms with Crippen molar-refractivity contribution >= 4 is 29.8 Å². The topological polar surface area (TPSA) is 114 Å². The number of nitrogens with zero attached hydrogens (tertiary/aromatic N) is 4. The van der Waals surface area contributed by atoms with Gasteiger partial charge in [0.15, 0.2) is 0 Å². The molecule has 5 rings (SSSR count). The minimum atomic E-state index is -0.851. The van der Waals surface area contributed by atoms with Crippen molar-refractivity contribution in [3.05, 3.63) is 29.8 Å². The molecule has 0 unspecified atom stereocenters. The van der Waals surface area contributed by atoms with Gasteiger partial charge >= 0.3 is 0 Å². The summed E-state index contributed by atoms with van der Waals surface area (Å²) in [4.78, 5) is 57.5. The van der Waals surface area contributed by atoms with Gasteiger partial charge in [-0.3, -0.25) is 29.7 Å². The molecule has 4 aliphatic rings. The lowest BCUT2D eigenvalue weighted by Gasteiger charge is -2.35. The van der Waals surface area contributed by atoms with E-state index in [-0.39, 0.29) is 18.4 Å². The minimum absolute atomic E-state index is 0.0554. The number of hydroxylamine groups is 2. The number of likely N-dealkylation sites (N-methyl/N-ethyl adjacent to an activating group) is 1. The van der Waals surface area contributed by atoms with E-state index in [9.17, 15) is 24.4 Å². The fraction of sp³-hybridized carbons (Fsp3) is 0.655. The van der Waals surface area contributed by atoms with Gasteiger partial charge in [0.25, 0.3) is 5.91 Å². The number of anilines is 1. The van der Waals surface area contributed by atoms with Gasteiger partial charge in [-0.25, -0.2) is 5.06 Å². The molecule has 0 aromatic heterocycles. The highest BCUT2D eigenvalue weighted by Crippen LogP contribution is 2.61. The van der Waals surface area contributed by atoms with Crippen LogP contribution in [0.15, 0.2) is 24.3 Å². The number of hydrogen-bond acceptors (Lipinski definition) is 7. The Morgan fingerprint density at radius 1 is 1.03 bits per heavy atom. The number of imide groups is 1. The molecule has 2 N–H and O–H groups in total. The van der Waals surface area contributed by atoms with Crippen LogP contribution in [-0.2, 0) is 14.4 Å². The second-order valence-electron chi connectivity index (χ2n) is 11.7. The Kier molecular flexibility index (Phi) is 8.23. The van der Waals surface area contributed by atoms with Gasteiger partial charge in [-0.1, -0.05) is 32.6 Å². The van der Waals surface area contributed by atoms with E-state index >= 15 is 0 Å². The van der Waals surface area contributed by atoms with Crippen LogP contribution in [0.3, 0.4) is 0 Å². The summed E-state index contributed by atoms with van der Waals surface area (Å²) in [7, 11) is 0. The molecule has 2 heterocycles. The molecule has 4 amide bonds. The molecule has 1 aromatic carbocycles. The second kappa shape index (κ2) is 11.6. The van der Waals surface area contributed by atoms with E-state index in [1.807, 2.05) is 12.1 Å². The van der Waals surface area contributed by atoms with Crippen molar-refractivity contribution in [1.29, 1.82) is 0 Å². The molecule has 2 saturated heterocycles. The molecule has 2 aliphatic heterocycles. The second-order valence-corrected chi connectivity index (χ2v) is 11.7. The SMILES string of the molecule is CCN1CCN(c2ccc(C(=O)NC(=O)[C@@H]3CCCN3C(=O)[C@@]3(CN(O)C=O)C[C@@H]3C3CCCC3)cc2)CC1. The highest BCUT2D eigenvalue weighted by atomic mass is 16.5. The molecule has 3 atom stereocenters. The average Bonchev–Trinajstić information content (AvgIpc) is 3.32. The van der Waals surface area contributed by atoms with Crippen LogP contribution in [0.4, 0.5) is 5.69 Å².